The molecule has 1 aromatic carbocycles. The Morgan fingerprint density at radius 2 is 1.88 bits per heavy atom. The molecule has 4 nitrogen and oxygen atoms in total. The lowest BCUT2D eigenvalue weighted by molar-refractivity contribution is -0.170. The Hall–Kier alpha value is -1.23. The van der Waals surface area contributed by atoms with Gasteiger partial charge in [0.25, 0.3) is 0 Å². The fraction of sp³-hybridized carbons (Fsp3) is 0.500. The molecular formula is C18H24Cl2N2O2. The molecule has 1 aliphatic rings. The summed E-state index contributed by atoms with van der Waals surface area (Å²) in [5, 5.41) is 2.55. The summed E-state index contributed by atoms with van der Waals surface area (Å²) in [4.78, 5) is 20.4. The van der Waals surface area contributed by atoms with Gasteiger partial charge in [-0.05, 0) is 50.5 Å². The van der Waals surface area contributed by atoms with E-state index in [1.165, 1.54) is 5.06 Å². The molecule has 1 aromatic rings. The van der Waals surface area contributed by atoms with Crippen LogP contribution in [0.3, 0.4) is 0 Å². The lowest BCUT2D eigenvalue weighted by atomic mass is 9.89. The molecule has 2 unspecified atom stereocenters. The molecule has 2 atom stereocenters. The van der Waals surface area contributed by atoms with Gasteiger partial charge in [-0.2, -0.15) is 5.06 Å². The van der Waals surface area contributed by atoms with Crippen molar-refractivity contribution in [2.75, 3.05) is 13.2 Å². The third kappa shape index (κ3) is 3.71. The van der Waals surface area contributed by atoms with Gasteiger partial charge >= 0.3 is 6.03 Å². The number of benzene rings is 1. The van der Waals surface area contributed by atoms with Gasteiger partial charge in [0, 0.05) is 16.6 Å². The number of nitrogens with zero attached hydrogens (tertiary/aromatic N) is 2. The minimum absolute atomic E-state index is 0.00699. The third-order valence-corrected chi connectivity index (χ3v) is 5.10. The number of carbonyl (C=O) groups excluding carboxylic acids is 1. The van der Waals surface area contributed by atoms with Crippen LogP contribution in [-0.2, 0) is 10.4 Å². The van der Waals surface area contributed by atoms with Gasteiger partial charge in [-0.25, -0.2) is 4.79 Å². The van der Waals surface area contributed by atoms with Gasteiger partial charge in [0.05, 0.1) is 18.2 Å². The molecule has 0 aliphatic carbocycles. The van der Waals surface area contributed by atoms with Gasteiger partial charge in [0.2, 0.25) is 0 Å². The highest BCUT2D eigenvalue weighted by Crippen LogP contribution is 2.36. The minimum Gasteiger partial charge on any atom is -0.313 e. The van der Waals surface area contributed by atoms with Gasteiger partial charge in [-0.3, -0.25) is 4.84 Å². The van der Waals surface area contributed by atoms with Crippen LogP contribution in [0.1, 0.15) is 33.3 Å². The molecule has 2 rings (SSSR count). The van der Waals surface area contributed by atoms with Crippen molar-refractivity contribution in [1.82, 2.24) is 9.96 Å². The second kappa shape index (κ2) is 7.34. The lowest BCUT2D eigenvalue weighted by Crippen LogP contribution is -2.61. The second-order valence-electron chi connectivity index (χ2n) is 6.74. The Morgan fingerprint density at radius 1 is 1.29 bits per heavy atom. The highest BCUT2D eigenvalue weighted by Gasteiger charge is 2.43. The van der Waals surface area contributed by atoms with E-state index in [1.54, 1.807) is 12.1 Å². The van der Waals surface area contributed by atoms with E-state index in [-0.39, 0.29) is 18.0 Å². The maximum atomic E-state index is 13.0. The van der Waals surface area contributed by atoms with Gasteiger partial charge in [-0.15, -0.1) is 6.58 Å². The van der Waals surface area contributed by atoms with E-state index in [2.05, 4.69) is 13.5 Å². The summed E-state index contributed by atoms with van der Waals surface area (Å²) >= 11 is 12.3. The quantitative estimate of drug-likeness (QED) is 0.674. The van der Waals surface area contributed by atoms with E-state index in [4.69, 9.17) is 28.0 Å². The number of halogens is 2. The summed E-state index contributed by atoms with van der Waals surface area (Å²) in [7, 11) is 0. The van der Waals surface area contributed by atoms with Crippen LogP contribution in [0.5, 0.6) is 0 Å². The molecule has 0 N–H and O–H groups in total. The van der Waals surface area contributed by atoms with Crippen LogP contribution in [0, 0.1) is 5.92 Å². The lowest BCUT2D eigenvalue weighted by Gasteiger charge is -2.49. The van der Waals surface area contributed by atoms with Crippen LogP contribution < -0.4 is 0 Å². The summed E-state index contributed by atoms with van der Waals surface area (Å²) in [5.74, 6) is 0.251. The molecular weight excluding hydrogens is 347 g/mol. The zero-order valence-corrected chi connectivity index (χ0v) is 16.1. The second-order valence-corrected chi connectivity index (χ2v) is 7.61. The first kappa shape index (κ1) is 19.1. The van der Waals surface area contributed by atoms with Crippen LogP contribution in [0.15, 0.2) is 30.9 Å². The van der Waals surface area contributed by atoms with Gasteiger partial charge in [-0.1, -0.05) is 36.2 Å². The van der Waals surface area contributed by atoms with E-state index >= 15 is 0 Å². The summed E-state index contributed by atoms with van der Waals surface area (Å²) in [6.45, 7) is 12.6. The molecule has 2 amide bonds. The predicted molar refractivity (Wildman–Crippen MR) is 98.2 cm³/mol. The fourth-order valence-electron chi connectivity index (χ4n) is 2.88. The standard InChI is InChI=1S/C18H24Cl2N2O2/c1-6-7-24-22-13(3)12(2)11-21(17(22)23)18(4,5)14-8-15(19)10-16(20)9-14/h6,8-10,12-13H,1,7,11H2,2-5H3. The zero-order valence-electron chi connectivity index (χ0n) is 14.6. The number of hydroxylamine groups is 2. The van der Waals surface area contributed by atoms with E-state index in [9.17, 15) is 4.79 Å². The largest absolute Gasteiger partial charge is 0.344 e. The normalized spacial score (nSPS) is 22.0. The molecule has 1 aliphatic heterocycles. The van der Waals surface area contributed by atoms with Crippen molar-refractivity contribution < 1.29 is 9.63 Å². The fourth-order valence-corrected chi connectivity index (χ4v) is 3.40. The number of carbonyl (C=O) groups is 1. The highest BCUT2D eigenvalue weighted by atomic mass is 35.5. The molecule has 0 saturated carbocycles. The Balaban J connectivity index is 2.37. The van der Waals surface area contributed by atoms with Crippen LogP contribution in [0.2, 0.25) is 10.0 Å². The first-order valence-electron chi connectivity index (χ1n) is 7.99. The first-order chi connectivity index (χ1) is 11.2. The van der Waals surface area contributed by atoms with E-state index < -0.39 is 5.54 Å². The molecule has 0 bridgehead atoms. The smallest absolute Gasteiger partial charge is 0.313 e. The highest BCUT2D eigenvalue weighted by molar-refractivity contribution is 6.34. The van der Waals surface area contributed by atoms with Gasteiger partial charge in [0.15, 0.2) is 0 Å². The van der Waals surface area contributed by atoms with Crippen molar-refractivity contribution in [2.45, 2.75) is 39.3 Å². The summed E-state index contributed by atoms with van der Waals surface area (Å²) in [6, 6.07) is 5.21. The Labute approximate surface area is 153 Å². The van der Waals surface area contributed by atoms with Crippen molar-refractivity contribution in [3.63, 3.8) is 0 Å². The maximum absolute atomic E-state index is 13.0. The van der Waals surface area contributed by atoms with E-state index in [1.807, 2.05) is 37.8 Å². The molecule has 0 spiro atoms. The SMILES string of the molecule is C=CCON1C(=O)N(C(C)(C)c2cc(Cl)cc(Cl)c2)CC(C)C1C. The van der Waals surface area contributed by atoms with Crippen molar-refractivity contribution in [1.29, 1.82) is 0 Å². The zero-order chi connectivity index (χ0) is 18.1. The molecule has 6 heteroatoms. The third-order valence-electron chi connectivity index (χ3n) is 4.66. The molecule has 0 aromatic heterocycles. The number of hydrogen-bond acceptors (Lipinski definition) is 2. The van der Waals surface area contributed by atoms with E-state index in [0.717, 1.165) is 5.56 Å². The molecule has 24 heavy (non-hydrogen) atoms. The van der Waals surface area contributed by atoms with E-state index in [0.29, 0.717) is 23.2 Å². The molecule has 1 fully saturated rings. The van der Waals surface area contributed by atoms with Gasteiger partial charge < -0.3 is 4.90 Å². The average Bonchev–Trinajstić information content (AvgIpc) is 2.49. The molecule has 1 saturated heterocycles. The van der Waals surface area contributed by atoms with Crippen molar-refractivity contribution in [3.8, 4) is 0 Å². The van der Waals surface area contributed by atoms with Crippen LogP contribution in [-0.4, -0.2) is 35.2 Å². The van der Waals surface area contributed by atoms with Crippen LogP contribution >= 0.6 is 23.2 Å². The summed E-state index contributed by atoms with van der Waals surface area (Å²) in [6.07, 6.45) is 1.63. The molecule has 132 valence electrons. The maximum Gasteiger partial charge on any atom is 0.344 e. The number of urea groups is 1. The minimum atomic E-state index is -0.574. The number of amides is 2. The van der Waals surface area contributed by atoms with Crippen molar-refractivity contribution in [3.05, 3.63) is 46.5 Å². The Morgan fingerprint density at radius 3 is 2.42 bits per heavy atom. The first-order valence-corrected chi connectivity index (χ1v) is 8.75. The summed E-state index contributed by atoms with van der Waals surface area (Å²) in [5.41, 5.74) is 0.314. The average molecular weight is 371 g/mol. The molecule has 0 radical (unpaired) electrons. The predicted octanol–water partition coefficient (Wildman–Crippen LogP) is 5.11. The molecule has 1 heterocycles. The number of rotatable bonds is 5. The monoisotopic (exact) mass is 370 g/mol. The number of hydrogen-bond donors (Lipinski definition) is 0. The van der Waals surface area contributed by atoms with Crippen molar-refractivity contribution >= 4 is 29.2 Å². The topological polar surface area (TPSA) is 32.8 Å². The summed E-state index contributed by atoms with van der Waals surface area (Å²) < 4.78 is 0. The van der Waals surface area contributed by atoms with Gasteiger partial charge in [0.1, 0.15) is 0 Å². The van der Waals surface area contributed by atoms with Crippen LogP contribution in [0.25, 0.3) is 0 Å². The van der Waals surface area contributed by atoms with Crippen LogP contribution in [0.4, 0.5) is 4.79 Å². The van der Waals surface area contributed by atoms with Crippen molar-refractivity contribution in [2.24, 2.45) is 5.92 Å². The Kier molecular flexibility index (Phi) is 5.84. The Bertz CT molecular complexity index is 613.